The fourth-order valence-corrected chi connectivity index (χ4v) is 5.60. The Kier molecular flexibility index (Phi) is 11.1. The number of carbonyl (C=O) groups is 4. The highest BCUT2D eigenvalue weighted by Gasteiger charge is 2.30. The van der Waals surface area contributed by atoms with Crippen molar-refractivity contribution in [2.45, 2.75) is 43.4 Å². The summed E-state index contributed by atoms with van der Waals surface area (Å²) in [6.45, 7) is 0. The smallest absolute Gasteiger partial charge is 0.326 e. The molecule has 4 atom stereocenters. The van der Waals surface area contributed by atoms with Crippen molar-refractivity contribution in [2.75, 3.05) is 17.8 Å². The molecule has 0 aliphatic rings. The quantitative estimate of drug-likeness (QED) is 0.0931. The van der Waals surface area contributed by atoms with Crippen molar-refractivity contribution in [3.05, 3.63) is 72.1 Å². The molecule has 3 amide bonds. The molecule has 13 heteroatoms. The Balaban J connectivity index is 1.39. The van der Waals surface area contributed by atoms with Crippen LogP contribution in [0.25, 0.3) is 21.8 Å². The van der Waals surface area contributed by atoms with E-state index in [-0.39, 0.29) is 25.0 Å². The van der Waals surface area contributed by atoms with Gasteiger partial charge in [0.25, 0.3) is 0 Å². The average Bonchev–Trinajstić information content (AvgIpc) is 3.61. The number of para-hydroxylation sites is 2. The van der Waals surface area contributed by atoms with E-state index in [1.165, 1.54) is 11.8 Å². The molecule has 2 heterocycles. The molecule has 0 fully saturated rings. The predicted octanol–water partition coefficient (Wildman–Crippen LogP) is 1.98. The van der Waals surface area contributed by atoms with Crippen LogP contribution >= 0.6 is 24.4 Å². The van der Waals surface area contributed by atoms with Gasteiger partial charge >= 0.3 is 5.97 Å². The minimum absolute atomic E-state index is 0.0352. The number of aromatic amines is 2. The second-order valence-corrected chi connectivity index (χ2v) is 11.6. The van der Waals surface area contributed by atoms with Gasteiger partial charge in [-0.05, 0) is 48.1 Å². The molecule has 4 aromatic rings. The van der Waals surface area contributed by atoms with Gasteiger partial charge in [0.15, 0.2) is 0 Å². The second-order valence-electron chi connectivity index (χ2n) is 10.2. The Morgan fingerprint density at radius 1 is 0.814 bits per heavy atom. The number of thioether (sulfide) groups is 1. The zero-order valence-corrected chi connectivity index (χ0v) is 25.3. The van der Waals surface area contributed by atoms with Crippen LogP contribution in [0, 0.1) is 0 Å². The molecule has 0 saturated heterocycles. The lowest BCUT2D eigenvalue weighted by atomic mass is 10.0. The number of aromatic nitrogens is 2. The Bertz CT molecular complexity index is 1590. The number of carboxylic acids is 1. The van der Waals surface area contributed by atoms with E-state index in [9.17, 15) is 24.3 Å². The number of nitrogens with one attached hydrogen (secondary N) is 5. The molecule has 4 unspecified atom stereocenters. The summed E-state index contributed by atoms with van der Waals surface area (Å²) in [7, 11) is 0. The van der Waals surface area contributed by atoms with Crippen LogP contribution in [0.2, 0.25) is 0 Å². The number of nitrogens with two attached hydrogens (primary N) is 1. The van der Waals surface area contributed by atoms with Crippen LogP contribution in [0.1, 0.15) is 17.5 Å². The Morgan fingerprint density at radius 3 is 1.88 bits per heavy atom. The van der Waals surface area contributed by atoms with Gasteiger partial charge < -0.3 is 36.8 Å². The first-order chi connectivity index (χ1) is 20.7. The number of hydrogen-bond donors (Lipinski definition) is 8. The Morgan fingerprint density at radius 2 is 1.33 bits per heavy atom. The fraction of sp³-hybridized carbons (Fsp3) is 0.333. The van der Waals surface area contributed by atoms with E-state index in [0.717, 1.165) is 32.9 Å². The molecule has 11 nitrogen and oxygen atoms in total. The first kappa shape index (κ1) is 32.0. The molecule has 0 radical (unpaired) electrons. The third kappa shape index (κ3) is 8.12. The molecule has 43 heavy (non-hydrogen) atoms. The largest absolute Gasteiger partial charge is 0.480 e. The van der Waals surface area contributed by atoms with Gasteiger partial charge in [-0.25, -0.2) is 4.79 Å². The van der Waals surface area contributed by atoms with E-state index < -0.39 is 47.9 Å². The van der Waals surface area contributed by atoms with Crippen molar-refractivity contribution in [1.82, 2.24) is 25.9 Å². The number of benzene rings is 2. The average molecular weight is 625 g/mol. The summed E-state index contributed by atoms with van der Waals surface area (Å²) in [6.07, 6.45) is 5.95. The van der Waals surface area contributed by atoms with Gasteiger partial charge in [0.2, 0.25) is 17.7 Å². The molecule has 0 spiro atoms. The zero-order chi connectivity index (χ0) is 30.9. The number of hydrogen-bond acceptors (Lipinski definition) is 7. The van der Waals surface area contributed by atoms with Crippen LogP contribution in [-0.4, -0.2) is 80.7 Å². The normalized spacial score (nSPS) is 14.1. The predicted molar refractivity (Wildman–Crippen MR) is 172 cm³/mol. The van der Waals surface area contributed by atoms with Crippen molar-refractivity contribution in [3.8, 4) is 0 Å². The summed E-state index contributed by atoms with van der Waals surface area (Å²) < 4.78 is 0. The molecule has 4 rings (SSSR count). The number of carboxylic acid groups (broad SMARTS) is 1. The maximum absolute atomic E-state index is 13.3. The number of aliphatic carboxylic acids is 1. The van der Waals surface area contributed by atoms with Crippen molar-refractivity contribution in [2.24, 2.45) is 5.73 Å². The van der Waals surface area contributed by atoms with Crippen molar-refractivity contribution < 1.29 is 24.3 Å². The lowest BCUT2D eigenvalue weighted by Gasteiger charge is -2.24. The highest BCUT2D eigenvalue weighted by Crippen LogP contribution is 2.20. The third-order valence-electron chi connectivity index (χ3n) is 7.22. The van der Waals surface area contributed by atoms with Crippen LogP contribution in [0.15, 0.2) is 60.9 Å². The van der Waals surface area contributed by atoms with Gasteiger partial charge in [-0.15, -0.1) is 0 Å². The number of H-pyrrole nitrogens is 2. The van der Waals surface area contributed by atoms with Crippen LogP contribution in [0.5, 0.6) is 0 Å². The molecule has 2 aromatic heterocycles. The van der Waals surface area contributed by atoms with Gasteiger partial charge in [0, 0.05) is 46.4 Å². The number of fused-ring (bicyclic) bond motifs is 2. The van der Waals surface area contributed by atoms with E-state index in [0.29, 0.717) is 5.75 Å². The van der Waals surface area contributed by atoms with Gasteiger partial charge in [-0.2, -0.15) is 24.4 Å². The molecule has 228 valence electrons. The summed E-state index contributed by atoms with van der Waals surface area (Å²) in [5.74, 6) is -2.48. The van der Waals surface area contributed by atoms with Crippen molar-refractivity contribution >= 4 is 69.9 Å². The molecular weight excluding hydrogens is 589 g/mol. The van der Waals surface area contributed by atoms with Gasteiger partial charge in [-0.1, -0.05) is 36.4 Å². The van der Waals surface area contributed by atoms with E-state index >= 15 is 0 Å². The highest BCUT2D eigenvalue weighted by molar-refractivity contribution is 7.98. The monoisotopic (exact) mass is 624 g/mol. The number of amides is 3. The molecule has 2 aromatic carbocycles. The SMILES string of the molecule is CSCCC(NC(=O)C(CS)NC(=O)C(N)Cc1c[nH]c2ccccc12)C(=O)NC(Cc1c[nH]c2ccccc12)C(=O)O. The topological polar surface area (TPSA) is 182 Å². The Labute approximate surface area is 258 Å². The summed E-state index contributed by atoms with van der Waals surface area (Å²) in [6, 6.07) is 10.9. The maximum atomic E-state index is 13.3. The van der Waals surface area contributed by atoms with Gasteiger partial charge in [0.05, 0.1) is 6.04 Å². The lowest BCUT2D eigenvalue weighted by Crippen LogP contribution is -2.58. The fourth-order valence-electron chi connectivity index (χ4n) is 4.87. The summed E-state index contributed by atoms with van der Waals surface area (Å²) >= 11 is 5.71. The van der Waals surface area contributed by atoms with E-state index in [4.69, 9.17) is 5.73 Å². The van der Waals surface area contributed by atoms with Crippen molar-refractivity contribution in [1.29, 1.82) is 0 Å². The first-order valence-electron chi connectivity index (χ1n) is 13.8. The van der Waals surface area contributed by atoms with E-state index in [1.807, 2.05) is 54.8 Å². The number of thiol groups is 1. The molecule has 0 aliphatic heterocycles. The minimum atomic E-state index is -1.22. The molecule has 0 saturated carbocycles. The van der Waals surface area contributed by atoms with E-state index in [1.54, 1.807) is 12.4 Å². The molecule has 0 aliphatic carbocycles. The molecule has 8 N–H and O–H groups in total. The van der Waals surface area contributed by atoms with Crippen molar-refractivity contribution in [3.63, 3.8) is 0 Å². The van der Waals surface area contributed by atoms with Crippen LogP contribution in [0.4, 0.5) is 0 Å². The van der Waals surface area contributed by atoms with Crippen LogP contribution in [-0.2, 0) is 32.0 Å². The third-order valence-corrected chi connectivity index (χ3v) is 8.23. The molecule has 0 bridgehead atoms. The van der Waals surface area contributed by atoms with Gasteiger partial charge in [0.1, 0.15) is 18.1 Å². The van der Waals surface area contributed by atoms with Crippen LogP contribution < -0.4 is 21.7 Å². The Hall–Kier alpha value is -3.94. The van der Waals surface area contributed by atoms with Crippen LogP contribution in [0.3, 0.4) is 0 Å². The molecular formula is C30H36N6O5S2. The number of carbonyl (C=O) groups excluding carboxylic acids is 3. The number of rotatable bonds is 15. The summed E-state index contributed by atoms with van der Waals surface area (Å²) in [5, 5.41) is 19.6. The summed E-state index contributed by atoms with van der Waals surface area (Å²) in [5.41, 5.74) is 9.59. The summed E-state index contributed by atoms with van der Waals surface area (Å²) in [4.78, 5) is 57.8. The minimum Gasteiger partial charge on any atom is -0.480 e. The standard InChI is InChI=1S/C30H36N6O5S2/c1-43-11-10-24(28(38)35-25(30(40)41)13-18-15-33-23-9-5-3-7-20(18)23)34-29(39)26(16-42)36-27(37)21(31)12-17-14-32-22-8-4-2-6-19(17)22/h2-9,14-15,21,24-26,32-33,42H,10-13,16,31H2,1H3,(H,34,39)(H,35,38)(H,36,37)(H,40,41). The van der Waals surface area contributed by atoms with E-state index in [2.05, 4.69) is 38.5 Å². The lowest BCUT2D eigenvalue weighted by molar-refractivity contribution is -0.142. The maximum Gasteiger partial charge on any atom is 0.326 e. The highest BCUT2D eigenvalue weighted by atomic mass is 32.2. The van der Waals surface area contributed by atoms with Gasteiger partial charge in [-0.3, -0.25) is 14.4 Å². The first-order valence-corrected chi connectivity index (χ1v) is 15.8. The zero-order valence-electron chi connectivity index (χ0n) is 23.6. The second kappa shape index (κ2) is 15.0.